The summed E-state index contributed by atoms with van der Waals surface area (Å²) >= 11 is 3.48. The van der Waals surface area contributed by atoms with E-state index in [1.807, 2.05) is 37.3 Å². The first kappa shape index (κ1) is 11.3. The van der Waals surface area contributed by atoms with Gasteiger partial charge in [-0.15, -0.1) is 0 Å². The number of hydrogen-bond acceptors (Lipinski definition) is 2. The third-order valence-electron chi connectivity index (χ3n) is 2.94. The molecule has 1 aromatic carbocycles. The number of hydrogen-bond donors (Lipinski definition) is 1. The van der Waals surface area contributed by atoms with Crippen molar-refractivity contribution in [3.05, 3.63) is 52.8 Å². The fourth-order valence-corrected chi connectivity index (χ4v) is 2.54. The molecule has 3 rings (SSSR count). The van der Waals surface area contributed by atoms with E-state index in [1.165, 1.54) is 0 Å². The second kappa shape index (κ2) is 4.14. The van der Waals surface area contributed by atoms with Crippen molar-refractivity contribution in [2.75, 3.05) is 0 Å². The molecule has 0 unspecified atom stereocenters. The Morgan fingerprint density at radius 1 is 1.11 bits per heavy atom. The summed E-state index contributed by atoms with van der Waals surface area (Å²) in [5.41, 5.74) is 3.13. The minimum atomic E-state index is 0.260. The molecule has 0 bridgehead atoms. The number of aryl methyl sites for hydroxylation is 1. The molecule has 18 heavy (non-hydrogen) atoms. The van der Waals surface area contributed by atoms with Crippen molar-refractivity contribution in [2.45, 2.75) is 6.92 Å². The van der Waals surface area contributed by atoms with Crippen LogP contribution in [0, 0.1) is 6.92 Å². The van der Waals surface area contributed by atoms with Gasteiger partial charge in [0.1, 0.15) is 16.2 Å². The van der Waals surface area contributed by atoms with E-state index in [0.717, 1.165) is 27.2 Å². The van der Waals surface area contributed by atoms with Crippen LogP contribution >= 0.6 is 15.9 Å². The van der Waals surface area contributed by atoms with Gasteiger partial charge in [0.2, 0.25) is 0 Å². The smallest absolute Gasteiger partial charge is 0.146 e. The summed E-state index contributed by atoms with van der Waals surface area (Å²) in [5.74, 6) is 1.13. The highest BCUT2D eigenvalue weighted by Gasteiger charge is 2.12. The predicted octanol–water partition coefficient (Wildman–Crippen LogP) is 3.78. The summed E-state index contributed by atoms with van der Waals surface area (Å²) in [5, 5.41) is 9.34. The average molecular weight is 303 g/mol. The van der Waals surface area contributed by atoms with Gasteiger partial charge in [-0.25, -0.2) is 4.98 Å². The van der Waals surface area contributed by atoms with Crippen molar-refractivity contribution in [2.24, 2.45) is 0 Å². The standard InChI is InChI=1S/C14H11BrN2O/c1-9-3-2-4-12-13(15)16-14(17(9)12)10-5-7-11(18)8-6-10/h2-8,18H,1H3. The Bertz CT molecular complexity index is 716. The number of phenolic OH excluding ortho intramolecular Hbond substituents is 1. The van der Waals surface area contributed by atoms with Crippen LogP contribution in [0.3, 0.4) is 0 Å². The van der Waals surface area contributed by atoms with Crippen LogP contribution in [0.25, 0.3) is 16.9 Å². The van der Waals surface area contributed by atoms with Gasteiger partial charge in [0.15, 0.2) is 0 Å². The van der Waals surface area contributed by atoms with Gasteiger partial charge in [0, 0.05) is 11.3 Å². The predicted molar refractivity (Wildman–Crippen MR) is 74.7 cm³/mol. The highest BCUT2D eigenvalue weighted by Crippen LogP contribution is 2.28. The minimum absolute atomic E-state index is 0.260. The van der Waals surface area contributed by atoms with E-state index in [2.05, 4.69) is 25.3 Å². The third-order valence-corrected chi connectivity index (χ3v) is 3.52. The number of aromatic hydroxyl groups is 1. The van der Waals surface area contributed by atoms with E-state index in [0.29, 0.717) is 0 Å². The summed E-state index contributed by atoms with van der Waals surface area (Å²) in [6.07, 6.45) is 0. The molecular formula is C14H11BrN2O. The fraction of sp³-hybridized carbons (Fsp3) is 0.0714. The Balaban J connectivity index is 2.32. The van der Waals surface area contributed by atoms with Gasteiger partial charge in [0.05, 0.1) is 5.52 Å². The van der Waals surface area contributed by atoms with Crippen molar-refractivity contribution in [3.63, 3.8) is 0 Å². The van der Waals surface area contributed by atoms with Crippen LogP contribution in [-0.4, -0.2) is 14.5 Å². The summed E-state index contributed by atoms with van der Waals surface area (Å²) in [4.78, 5) is 4.55. The fourth-order valence-electron chi connectivity index (χ4n) is 2.06. The normalized spacial score (nSPS) is 11.0. The maximum Gasteiger partial charge on any atom is 0.146 e. The van der Waals surface area contributed by atoms with Crippen LogP contribution in [0.1, 0.15) is 5.69 Å². The first-order valence-corrected chi connectivity index (χ1v) is 6.39. The Kier molecular flexibility index (Phi) is 2.59. The van der Waals surface area contributed by atoms with Gasteiger partial charge in [-0.2, -0.15) is 0 Å². The number of pyridine rings is 1. The van der Waals surface area contributed by atoms with Crippen LogP contribution in [0.2, 0.25) is 0 Å². The monoisotopic (exact) mass is 302 g/mol. The van der Waals surface area contributed by atoms with Crippen LogP contribution in [0.5, 0.6) is 5.75 Å². The van der Waals surface area contributed by atoms with E-state index in [1.54, 1.807) is 12.1 Å². The number of benzene rings is 1. The summed E-state index contributed by atoms with van der Waals surface area (Å²) in [6.45, 7) is 2.05. The number of aromatic nitrogens is 2. The molecule has 2 aromatic heterocycles. The number of fused-ring (bicyclic) bond motifs is 1. The summed E-state index contributed by atoms with van der Waals surface area (Å²) < 4.78 is 2.92. The third kappa shape index (κ3) is 1.69. The van der Waals surface area contributed by atoms with Crippen molar-refractivity contribution < 1.29 is 5.11 Å². The Morgan fingerprint density at radius 2 is 1.83 bits per heavy atom. The van der Waals surface area contributed by atoms with Gasteiger partial charge >= 0.3 is 0 Å². The highest BCUT2D eigenvalue weighted by molar-refractivity contribution is 9.10. The zero-order chi connectivity index (χ0) is 12.7. The zero-order valence-corrected chi connectivity index (χ0v) is 11.3. The first-order chi connectivity index (χ1) is 8.66. The molecule has 2 heterocycles. The number of nitrogens with zero attached hydrogens (tertiary/aromatic N) is 2. The summed E-state index contributed by atoms with van der Waals surface area (Å²) in [6, 6.07) is 13.1. The molecule has 0 spiro atoms. The minimum Gasteiger partial charge on any atom is -0.508 e. The Labute approximate surface area is 113 Å². The molecule has 0 aliphatic heterocycles. The lowest BCUT2D eigenvalue weighted by Gasteiger charge is -2.04. The molecule has 1 N–H and O–H groups in total. The number of rotatable bonds is 1. The maximum atomic E-state index is 9.34. The van der Waals surface area contributed by atoms with Crippen LogP contribution in [0.15, 0.2) is 47.1 Å². The molecule has 0 amide bonds. The van der Waals surface area contributed by atoms with Crippen molar-refractivity contribution in [3.8, 4) is 17.1 Å². The molecule has 0 fully saturated rings. The van der Waals surface area contributed by atoms with E-state index in [4.69, 9.17) is 0 Å². The van der Waals surface area contributed by atoms with E-state index in [9.17, 15) is 5.11 Å². The van der Waals surface area contributed by atoms with Gasteiger partial charge in [-0.3, -0.25) is 4.40 Å². The Morgan fingerprint density at radius 3 is 2.56 bits per heavy atom. The van der Waals surface area contributed by atoms with Gasteiger partial charge in [-0.1, -0.05) is 6.07 Å². The molecule has 0 radical (unpaired) electrons. The molecule has 0 aliphatic carbocycles. The van der Waals surface area contributed by atoms with Gasteiger partial charge in [-0.05, 0) is 59.3 Å². The SMILES string of the molecule is Cc1cccc2c(Br)nc(-c3ccc(O)cc3)n12. The lowest BCUT2D eigenvalue weighted by molar-refractivity contribution is 0.475. The molecule has 4 heteroatoms. The lowest BCUT2D eigenvalue weighted by atomic mass is 10.2. The van der Waals surface area contributed by atoms with Gasteiger partial charge < -0.3 is 5.11 Å². The highest BCUT2D eigenvalue weighted by atomic mass is 79.9. The molecule has 0 saturated carbocycles. The molecule has 0 aliphatic rings. The molecule has 3 aromatic rings. The van der Waals surface area contributed by atoms with Crippen molar-refractivity contribution in [1.29, 1.82) is 0 Å². The van der Waals surface area contributed by atoms with Crippen molar-refractivity contribution in [1.82, 2.24) is 9.38 Å². The van der Waals surface area contributed by atoms with Crippen molar-refractivity contribution >= 4 is 21.4 Å². The van der Waals surface area contributed by atoms with Gasteiger partial charge in [0.25, 0.3) is 0 Å². The van der Waals surface area contributed by atoms with Crippen LogP contribution in [0.4, 0.5) is 0 Å². The zero-order valence-electron chi connectivity index (χ0n) is 9.76. The summed E-state index contributed by atoms with van der Waals surface area (Å²) in [7, 11) is 0. The average Bonchev–Trinajstić information content (AvgIpc) is 2.70. The Hall–Kier alpha value is -1.81. The van der Waals surface area contributed by atoms with E-state index in [-0.39, 0.29) is 5.75 Å². The first-order valence-electron chi connectivity index (χ1n) is 5.60. The van der Waals surface area contributed by atoms with Crippen LogP contribution < -0.4 is 0 Å². The second-order valence-corrected chi connectivity index (χ2v) is 4.91. The van der Waals surface area contributed by atoms with Crippen LogP contribution in [-0.2, 0) is 0 Å². The number of phenols is 1. The lowest BCUT2D eigenvalue weighted by Crippen LogP contribution is -1.93. The number of imidazole rings is 1. The largest absolute Gasteiger partial charge is 0.508 e. The molecule has 90 valence electrons. The molecule has 0 saturated heterocycles. The molecule has 0 atom stereocenters. The quantitative estimate of drug-likeness (QED) is 0.743. The van der Waals surface area contributed by atoms with E-state index >= 15 is 0 Å². The topological polar surface area (TPSA) is 37.5 Å². The molecule has 3 nitrogen and oxygen atoms in total. The second-order valence-electron chi connectivity index (χ2n) is 4.16. The molecular weight excluding hydrogens is 292 g/mol. The maximum absolute atomic E-state index is 9.34. The number of halogens is 1. The van der Waals surface area contributed by atoms with E-state index < -0.39 is 0 Å².